The van der Waals surface area contributed by atoms with Gasteiger partial charge in [-0.3, -0.25) is 0 Å². The summed E-state index contributed by atoms with van der Waals surface area (Å²) in [5.41, 5.74) is 2.46. The van der Waals surface area contributed by atoms with E-state index in [0.29, 0.717) is 12.5 Å². The third kappa shape index (κ3) is 3.02. The number of allylic oxidation sites excluding steroid dienone is 1. The van der Waals surface area contributed by atoms with Crippen LogP contribution in [0.15, 0.2) is 72.7 Å². The topological polar surface area (TPSA) is 18.5 Å². The van der Waals surface area contributed by atoms with Gasteiger partial charge in [-0.2, -0.15) is 0 Å². The van der Waals surface area contributed by atoms with Crippen molar-refractivity contribution in [2.24, 2.45) is 0 Å². The van der Waals surface area contributed by atoms with Gasteiger partial charge in [-0.1, -0.05) is 60.7 Å². The van der Waals surface area contributed by atoms with Crippen LogP contribution in [-0.4, -0.2) is 6.61 Å². The molecule has 0 N–H and O–H groups in total. The van der Waals surface area contributed by atoms with E-state index < -0.39 is 0 Å². The van der Waals surface area contributed by atoms with Gasteiger partial charge in [0.05, 0.1) is 6.61 Å². The second-order valence-corrected chi connectivity index (χ2v) is 4.92. The fourth-order valence-corrected chi connectivity index (χ4v) is 2.46. The predicted molar refractivity (Wildman–Crippen MR) is 79.1 cm³/mol. The van der Waals surface area contributed by atoms with Crippen LogP contribution < -0.4 is 0 Å². The third-order valence-corrected chi connectivity index (χ3v) is 3.51. The van der Waals surface area contributed by atoms with Gasteiger partial charge in [-0.25, -0.2) is 0 Å². The predicted octanol–water partition coefficient (Wildman–Crippen LogP) is 4.25. The summed E-state index contributed by atoms with van der Waals surface area (Å²) in [6.45, 7) is 1.34. The molecular formula is C18H18O2. The number of benzene rings is 2. The van der Waals surface area contributed by atoms with Gasteiger partial charge in [-0.15, -0.1) is 0 Å². The van der Waals surface area contributed by atoms with Gasteiger partial charge in [0.1, 0.15) is 18.6 Å². The summed E-state index contributed by atoms with van der Waals surface area (Å²) in [6, 6.07) is 20.6. The Morgan fingerprint density at radius 3 is 2.45 bits per heavy atom. The summed E-state index contributed by atoms with van der Waals surface area (Å²) in [5, 5.41) is 0. The summed E-state index contributed by atoms with van der Waals surface area (Å²) in [5.74, 6) is 1.26. The van der Waals surface area contributed by atoms with Crippen LogP contribution in [0.5, 0.6) is 0 Å². The monoisotopic (exact) mass is 266 g/mol. The number of hydrogen-bond donors (Lipinski definition) is 0. The lowest BCUT2D eigenvalue weighted by Crippen LogP contribution is -1.97. The molecule has 2 aromatic carbocycles. The molecule has 1 atom stereocenters. The molecule has 20 heavy (non-hydrogen) atoms. The van der Waals surface area contributed by atoms with Crippen LogP contribution in [0.3, 0.4) is 0 Å². The highest BCUT2D eigenvalue weighted by Gasteiger charge is 2.24. The van der Waals surface area contributed by atoms with Crippen molar-refractivity contribution in [1.82, 2.24) is 0 Å². The molecule has 2 heteroatoms. The van der Waals surface area contributed by atoms with Gasteiger partial charge < -0.3 is 9.47 Å². The van der Waals surface area contributed by atoms with Crippen LogP contribution in [0.2, 0.25) is 0 Å². The first kappa shape index (κ1) is 12.8. The fourth-order valence-electron chi connectivity index (χ4n) is 2.46. The van der Waals surface area contributed by atoms with Crippen molar-refractivity contribution in [3.8, 4) is 0 Å². The van der Waals surface area contributed by atoms with Crippen LogP contribution in [-0.2, 0) is 16.1 Å². The molecule has 0 saturated carbocycles. The Morgan fingerprint density at radius 2 is 1.70 bits per heavy atom. The van der Waals surface area contributed by atoms with Gasteiger partial charge in [0, 0.05) is 5.92 Å². The van der Waals surface area contributed by atoms with Crippen molar-refractivity contribution in [3.63, 3.8) is 0 Å². The molecule has 1 unspecified atom stereocenters. The molecule has 1 saturated heterocycles. The van der Waals surface area contributed by atoms with Crippen molar-refractivity contribution in [2.45, 2.75) is 18.9 Å². The normalized spacial score (nSPS) is 19.8. The van der Waals surface area contributed by atoms with Crippen molar-refractivity contribution in [1.29, 1.82) is 0 Å². The SMILES string of the molecule is C(/OCc1ccccc1)=C1/OCCC1c1ccccc1. The maximum Gasteiger partial charge on any atom is 0.138 e. The van der Waals surface area contributed by atoms with Gasteiger partial charge in [-0.05, 0) is 17.5 Å². The number of hydrogen-bond acceptors (Lipinski definition) is 2. The average molecular weight is 266 g/mol. The minimum absolute atomic E-state index is 0.326. The van der Waals surface area contributed by atoms with E-state index in [1.165, 1.54) is 11.1 Å². The Hall–Kier alpha value is -2.22. The highest BCUT2D eigenvalue weighted by atomic mass is 16.5. The zero-order chi connectivity index (χ0) is 13.6. The number of ether oxygens (including phenoxy) is 2. The van der Waals surface area contributed by atoms with Crippen LogP contribution >= 0.6 is 0 Å². The Labute approximate surface area is 119 Å². The van der Waals surface area contributed by atoms with Gasteiger partial charge in [0.2, 0.25) is 0 Å². The molecule has 1 aliphatic rings. The van der Waals surface area contributed by atoms with Gasteiger partial charge in [0.15, 0.2) is 0 Å². The summed E-state index contributed by atoms with van der Waals surface area (Å²) >= 11 is 0. The zero-order valence-electron chi connectivity index (χ0n) is 11.4. The molecule has 0 amide bonds. The lowest BCUT2D eigenvalue weighted by atomic mass is 9.96. The first-order valence-electron chi connectivity index (χ1n) is 6.97. The molecule has 102 valence electrons. The van der Waals surface area contributed by atoms with E-state index in [2.05, 4.69) is 36.4 Å². The van der Waals surface area contributed by atoms with Crippen LogP contribution in [0.25, 0.3) is 0 Å². The summed E-state index contributed by atoms with van der Waals surface area (Å²) in [7, 11) is 0. The van der Waals surface area contributed by atoms with Crippen molar-refractivity contribution >= 4 is 0 Å². The molecule has 1 fully saturated rings. The second kappa shape index (κ2) is 6.29. The third-order valence-electron chi connectivity index (χ3n) is 3.51. The maximum absolute atomic E-state index is 5.69. The Morgan fingerprint density at radius 1 is 1.00 bits per heavy atom. The largest absolute Gasteiger partial charge is 0.494 e. The van der Waals surface area contributed by atoms with Crippen molar-refractivity contribution < 1.29 is 9.47 Å². The van der Waals surface area contributed by atoms with Crippen molar-refractivity contribution in [2.75, 3.05) is 6.61 Å². The Bertz CT molecular complexity index is 560. The highest BCUT2D eigenvalue weighted by Crippen LogP contribution is 2.34. The van der Waals surface area contributed by atoms with E-state index in [9.17, 15) is 0 Å². The molecule has 0 radical (unpaired) electrons. The smallest absolute Gasteiger partial charge is 0.138 e. The molecule has 0 bridgehead atoms. The van der Waals surface area contributed by atoms with E-state index in [1.807, 2.05) is 24.3 Å². The molecule has 0 aromatic heterocycles. The highest BCUT2D eigenvalue weighted by molar-refractivity contribution is 5.27. The summed E-state index contributed by atoms with van der Waals surface area (Å²) in [4.78, 5) is 0. The molecule has 0 spiro atoms. The summed E-state index contributed by atoms with van der Waals surface area (Å²) < 4.78 is 11.4. The first-order valence-corrected chi connectivity index (χ1v) is 6.97. The van der Waals surface area contributed by atoms with Crippen LogP contribution in [0.1, 0.15) is 23.5 Å². The number of rotatable bonds is 4. The van der Waals surface area contributed by atoms with E-state index in [-0.39, 0.29) is 0 Å². The minimum Gasteiger partial charge on any atom is -0.494 e. The zero-order valence-corrected chi connectivity index (χ0v) is 11.4. The minimum atomic E-state index is 0.326. The summed E-state index contributed by atoms with van der Waals surface area (Å²) in [6.07, 6.45) is 2.79. The first-order chi connectivity index (χ1) is 9.93. The fraction of sp³-hybridized carbons (Fsp3) is 0.222. The standard InChI is InChI=1S/C18H18O2/c1-3-7-15(8-4-1)13-19-14-18-17(11-12-20-18)16-9-5-2-6-10-16/h1-10,14,17H,11-13H2/b18-14-. The lowest BCUT2D eigenvalue weighted by Gasteiger charge is -2.10. The van der Waals surface area contributed by atoms with E-state index >= 15 is 0 Å². The van der Waals surface area contributed by atoms with Crippen LogP contribution in [0, 0.1) is 0 Å². The van der Waals surface area contributed by atoms with Crippen LogP contribution in [0.4, 0.5) is 0 Å². The molecule has 3 rings (SSSR count). The molecule has 1 heterocycles. The maximum atomic E-state index is 5.69. The molecule has 2 aromatic rings. The van der Waals surface area contributed by atoms with E-state index in [4.69, 9.17) is 9.47 Å². The Balaban J connectivity index is 1.65. The average Bonchev–Trinajstić information content (AvgIpc) is 2.98. The molecule has 0 aliphatic carbocycles. The van der Waals surface area contributed by atoms with E-state index in [1.54, 1.807) is 6.26 Å². The van der Waals surface area contributed by atoms with E-state index in [0.717, 1.165) is 18.8 Å². The molecular weight excluding hydrogens is 248 g/mol. The lowest BCUT2D eigenvalue weighted by molar-refractivity contribution is 0.195. The second-order valence-electron chi connectivity index (χ2n) is 4.92. The Kier molecular flexibility index (Phi) is 4.02. The van der Waals surface area contributed by atoms with Gasteiger partial charge >= 0.3 is 0 Å². The molecule has 1 aliphatic heterocycles. The van der Waals surface area contributed by atoms with Gasteiger partial charge in [0.25, 0.3) is 0 Å². The van der Waals surface area contributed by atoms with Crippen molar-refractivity contribution in [3.05, 3.63) is 83.8 Å². The molecule has 2 nitrogen and oxygen atoms in total. The quantitative estimate of drug-likeness (QED) is 0.770.